The molecule has 1 heterocycles. The minimum absolute atomic E-state index is 0.314. The molecule has 0 spiro atoms. The van der Waals surface area contributed by atoms with Crippen LogP contribution in [0.5, 0.6) is 0 Å². The summed E-state index contributed by atoms with van der Waals surface area (Å²) in [6.07, 6.45) is 1.79. The van der Waals surface area contributed by atoms with E-state index < -0.39 is 0 Å². The molecule has 0 bridgehead atoms. The number of aliphatic imine (C=N–C) groups is 1. The molecular formula is C44H33N3O. The van der Waals surface area contributed by atoms with E-state index in [0.29, 0.717) is 5.69 Å². The number of fused-ring (bicyclic) bond motifs is 3. The van der Waals surface area contributed by atoms with Crippen molar-refractivity contribution in [2.45, 2.75) is 6.04 Å². The van der Waals surface area contributed by atoms with Crippen molar-refractivity contribution in [2.24, 2.45) is 4.99 Å². The molecule has 0 saturated heterocycles. The van der Waals surface area contributed by atoms with Crippen molar-refractivity contribution in [3.8, 4) is 33.4 Å². The molecular weight excluding hydrogens is 587 g/mol. The van der Waals surface area contributed by atoms with E-state index in [2.05, 4.69) is 121 Å². The van der Waals surface area contributed by atoms with Crippen molar-refractivity contribution >= 4 is 39.7 Å². The fourth-order valence-corrected chi connectivity index (χ4v) is 6.46. The SMILES string of the molecule is Nc1ccccc1C(/N=C/Nc1ccc2c(oc3ccccc32)c1-c1ccc(-c2ccccc2)cc1)c1cccc(-c2ccccc2)c1. The van der Waals surface area contributed by atoms with Gasteiger partial charge in [0.05, 0.1) is 12.0 Å². The first-order valence-corrected chi connectivity index (χ1v) is 16.1. The van der Waals surface area contributed by atoms with Gasteiger partial charge in [-0.25, -0.2) is 0 Å². The summed E-state index contributed by atoms with van der Waals surface area (Å²) in [5, 5.41) is 5.70. The van der Waals surface area contributed by atoms with Crippen LogP contribution in [0.4, 0.5) is 11.4 Å². The Balaban J connectivity index is 1.21. The van der Waals surface area contributed by atoms with Crippen LogP contribution in [0.25, 0.3) is 55.3 Å². The molecule has 8 rings (SSSR count). The first-order valence-electron chi connectivity index (χ1n) is 16.1. The van der Waals surface area contributed by atoms with Gasteiger partial charge in [-0.3, -0.25) is 4.99 Å². The van der Waals surface area contributed by atoms with Gasteiger partial charge in [0.25, 0.3) is 0 Å². The number of furan rings is 1. The molecule has 3 N–H and O–H groups in total. The predicted octanol–water partition coefficient (Wildman–Crippen LogP) is 11.4. The fourth-order valence-electron chi connectivity index (χ4n) is 6.46. The van der Waals surface area contributed by atoms with E-state index in [4.69, 9.17) is 15.1 Å². The first-order chi connectivity index (χ1) is 23.7. The summed E-state index contributed by atoms with van der Waals surface area (Å²) in [5.41, 5.74) is 18.5. The Morgan fingerprint density at radius 1 is 0.542 bits per heavy atom. The van der Waals surface area contributed by atoms with Crippen molar-refractivity contribution in [2.75, 3.05) is 11.1 Å². The lowest BCUT2D eigenvalue weighted by Gasteiger charge is -2.17. The second-order valence-corrected chi connectivity index (χ2v) is 11.9. The van der Waals surface area contributed by atoms with E-state index in [1.54, 1.807) is 6.34 Å². The maximum Gasteiger partial charge on any atom is 0.145 e. The third-order valence-electron chi connectivity index (χ3n) is 8.87. The third-order valence-corrected chi connectivity index (χ3v) is 8.87. The zero-order chi connectivity index (χ0) is 32.3. The van der Waals surface area contributed by atoms with Crippen molar-refractivity contribution in [3.05, 3.63) is 181 Å². The monoisotopic (exact) mass is 619 g/mol. The van der Waals surface area contributed by atoms with Crippen molar-refractivity contribution in [1.29, 1.82) is 0 Å². The molecule has 7 aromatic carbocycles. The molecule has 4 heteroatoms. The second-order valence-electron chi connectivity index (χ2n) is 11.9. The standard InChI is InChI=1S/C44H33N3O/c45-39-20-9-7-19-38(39)43(35-17-11-16-34(28-35)31-14-5-2-6-15-31)47-29-46-40-27-26-37-36-18-8-10-21-41(36)48-44(37)42(40)33-24-22-32(23-25-33)30-12-3-1-4-13-30/h1-29,43H,45H2,(H,46,47). The molecule has 48 heavy (non-hydrogen) atoms. The van der Waals surface area contributed by atoms with Gasteiger partial charge in [0.15, 0.2) is 0 Å². The predicted molar refractivity (Wildman–Crippen MR) is 201 cm³/mol. The zero-order valence-corrected chi connectivity index (χ0v) is 26.3. The number of hydrogen-bond donors (Lipinski definition) is 2. The number of nitrogens with two attached hydrogens (primary N) is 1. The Bertz CT molecular complexity index is 2380. The van der Waals surface area contributed by atoms with Crippen LogP contribution in [0, 0.1) is 0 Å². The molecule has 0 amide bonds. The highest BCUT2D eigenvalue weighted by molar-refractivity contribution is 6.13. The highest BCUT2D eigenvalue weighted by Crippen LogP contribution is 2.41. The zero-order valence-electron chi connectivity index (χ0n) is 26.3. The van der Waals surface area contributed by atoms with Gasteiger partial charge in [0, 0.05) is 27.6 Å². The van der Waals surface area contributed by atoms with Crippen LogP contribution >= 0.6 is 0 Å². The molecule has 0 aliphatic heterocycles. The summed E-state index contributed by atoms with van der Waals surface area (Å²) in [6, 6.07) is 58.0. The van der Waals surface area contributed by atoms with Gasteiger partial charge < -0.3 is 15.5 Å². The van der Waals surface area contributed by atoms with E-state index in [-0.39, 0.29) is 6.04 Å². The summed E-state index contributed by atoms with van der Waals surface area (Å²) in [4.78, 5) is 5.12. The van der Waals surface area contributed by atoms with Gasteiger partial charge in [-0.1, -0.05) is 140 Å². The minimum Gasteiger partial charge on any atom is -0.455 e. The Kier molecular flexibility index (Phi) is 7.73. The van der Waals surface area contributed by atoms with Crippen molar-refractivity contribution in [1.82, 2.24) is 0 Å². The van der Waals surface area contributed by atoms with E-state index in [1.165, 1.54) is 5.56 Å². The van der Waals surface area contributed by atoms with Crippen LogP contribution in [0.15, 0.2) is 179 Å². The highest BCUT2D eigenvalue weighted by atomic mass is 16.3. The number of rotatable bonds is 8. The number of anilines is 2. The molecule has 0 aliphatic carbocycles. The van der Waals surface area contributed by atoms with Gasteiger partial charge in [-0.15, -0.1) is 0 Å². The lowest BCUT2D eigenvalue weighted by molar-refractivity contribution is 0.670. The highest BCUT2D eigenvalue weighted by Gasteiger charge is 2.18. The normalized spacial score (nSPS) is 12.1. The molecule has 4 nitrogen and oxygen atoms in total. The molecule has 0 radical (unpaired) electrons. The number of nitrogens with one attached hydrogen (secondary N) is 1. The van der Waals surface area contributed by atoms with Gasteiger partial charge in [-0.2, -0.15) is 0 Å². The van der Waals surface area contributed by atoms with Crippen LogP contribution in [0.2, 0.25) is 0 Å². The summed E-state index contributed by atoms with van der Waals surface area (Å²) < 4.78 is 6.53. The average Bonchev–Trinajstić information content (AvgIpc) is 3.53. The Hall–Kier alpha value is -6.39. The fraction of sp³-hybridized carbons (Fsp3) is 0.0227. The summed E-state index contributed by atoms with van der Waals surface area (Å²) in [6.45, 7) is 0. The van der Waals surface area contributed by atoms with E-state index in [1.807, 2.05) is 54.6 Å². The largest absolute Gasteiger partial charge is 0.455 e. The molecule has 0 saturated carbocycles. The Labute approximate surface area is 279 Å². The molecule has 1 aromatic heterocycles. The van der Waals surface area contributed by atoms with Crippen molar-refractivity contribution < 1.29 is 4.42 Å². The number of hydrogen-bond acceptors (Lipinski definition) is 3. The van der Waals surface area contributed by atoms with E-state index in [0.717, 1.165) is 66.6 Å². The van der Waals surface area contributed by atoms with Crippen LogP contribution in [0.3, 0.4) is 0 Å². The Morgan fingerprint density at radius 3 is 1.94 bits per heavy atom. The van der Waals surface area contributed by atoms with Gasteiger partial charge in [0.1, 0.15) is 17.2 Å². The maximum atomic E-state index is 6.54. The van der Waals surface area contributed by atoms with Crippen LogP contribution in [0.1, 0.15) is 17.2 Å². The van der Waals surface area contributed by atoms with Gasteiger partial charge >= 0.3 is 0 Å². The van der Waals surface area contributed by atoms with E-state index in [9.17, 15) is 0 Å². The molecule has 8 aromatic rings. The average molecular weight is 620 g/mol. The third kappa shape index (κ3) is 5.61. The topological polar surface area (TPSA) is 63.5 Å². The number of benzene rings is 7. The molecule has 0 fully saturated rings. The molecule has 1 unspecified atom stereocenters. The van der Waals surface area contributed by atoms with Crippen LogP contribution in [-0.4, -0.2) is 6.34 Å². The molecule has 0 aliphatic rings. The minimum atomic E-state index is -0.314. The van der Waals surface area contributed by atoms with Crippen LogP contribution in [-0.2, 0) is 0 Å². The van der Waals surface area contributed by atoms with Crippen LogP contribution < -0.4 is 11.1 Å². The molecule has 230 valence electrons. The summed E-state index contributed by atoms with van der Waals surface area (Å²) >= 11 is 0. The number of nitrogen functional groups attached to an aromatic ring is 1. The lowest BCUT2D eigenvalue weighted by Crippen LogP contribution is -2.06. The number of para-hydroxylation sites is 2. The molecule has 1 atom stereocenters. The first kappa shape index (κ1) is 29.0. The van der Waals surface area contributed by atoms with E-state index >= 15 is 0 Å². The maximum absolute atomic E-state index is 6.54. The summed E-state index contributed by atoms with van der Waals surface area (Å²) in [7, 11) is 0. The summed E-state index contributed by atoms with van der Waals surface area (Å²) in [5.74, 6) is 0. The van der Waals surface area contributed by atoms with Gasteiger partial charge in [0.2, 0.25) is 0 Å². The van der Waals surface area contributed by atoms with Gasteiger partial charge in [-0.05, 0) is 63.7 Å². The quantitative estimate of drug-likeness (QED) is 0.101. The Morgan fingerprint density at radius 2 is 1.17 bits per heavy atom. The van der Waals surface area contributed by atoms with Crippen molar-refractivity contribution in [3.63, 3.8) is 0 Å². The lowest BCUT2D eigenvalue weighted by atomic mass is 9.94. The number of nitrogens with zero attached hydrogens (tertiary/aromatic N) is 1. The second kappa shape index (κ2) is 12.8. The smallest absolute Gasteiger partial charge is 0.145 e.